The molecule has 5 heteroatoms. The molecule has 1 rings (SSSR count). The SMILES string of the molecule is COC(=O)[C@H](C)NCc1cn[nH]c1C. The molecule has 14 heavy (non-hydrogen) atoms. The lowest BCUT2D eigenvalue weighted by Gasteiger charge is -2.10. The number of hydrogen-bond acceptors (Lipinski definition) is 4. The fraction of sp³-hybridized carbons (Fsp3) is 0.556. The number of nitrogens with one attached hydrogen (secondary N) is 2. The third-order valence-electron chi connectivity index (χ3n) is 2.09. The molecule has 0 aliphatic rings. The Morgan fingerprint density at radius 3 is 3.00 bits per heavy atom. The third-order valence-corrected chi connectivity index (χ3v) is 2.09. The number of hydrogen-bond donors (Lipinski definition) is 2. The number of esters is 1. The van der Waals surface area contributed by atoms with E-state index in [0.717, 1.165) is 11.3 Å². The van der Waals surface area contributed by atoms with E-state index < -0.39 is 0 Å². The first-order valence-corrected chi connectivity index (χ1v) is 4.45. The van der Waals surface area contributed by atoms with E-state index in [1.54, 1.807) is 13.1 Å². The predicted octanol–water partition coefficient (Wildman–Crippen LogP) is 0.369. The van der Waals surface area contributed by atoms with Crippen molar-refractivity contribution >= 4 is 5.97 Å². The van der Waals surface area contributed by atoms with Crippen LogP contribution in [-0.4, -0.2) is 29.3 Å². The minimum Gasteiger partial charge on any atom is -0.468 e. The quantitative estimate of drug-likeness (QED) is 0.684. The average molecular weight is 197 g/mol. The van der Waals surface area contributed by atoms with Gasteiger partial charge in [-0.05, 0) is 13.8 Å². The first-order valence-electron chi connectivity index (χ1n) is 4.45. The summed E-state index contributed by atoms with van der Waals surface area (Å²) in [6.07, 6.45) is 1.74. The van der Waals surface area contributed by atoms with E-state index in [2.05, 4.69) is 20.3 Å². The molecular weight excluding hydrogens is 182 g/mol. The van der Waals surface area contributed by atoms with Crippen molar-refractivity contribution in [3.8, 4) is 0 Å². The van der Waals surface area contributed by atoms with Crippen LogP contribution in [0.3, 0.4) is 0 Å². The van der Waals surface area contributed by atoms with Crippen LogP contribution < -0.4 is 5.32 Å². The summed E-state index contributed by atoms with van der Waals surface area (Å²) in [7, 11) is 1.38. The number of nitrogens with zero attached hydrogens (tertiary/aromatic N) is 1. The van der Waals surface area contributed by atoms with Crippen LogP contribution >= 0.6 is 0 Å². The molecule has 78 valence electrons. The highest BCUT2D eigenvalue weighted by Crippen LogP contribution is 2.02. The van der Waals surface area contributed by atoms with Gasteiger partial charge in [0.05, 0.1) is 13.3 Å². The monoisotopic (exact) mass is 197 g/mol. The second-order valence-electron chi connectivity index (χ2n) is 3.15. The second kappa shape index (κ2) is 4.76. The molecule has 1 atom stereocenters. The number of aromatic amines is 1. The summed E-state index contributed by atoms with van der Waals surface area (Å²) >= 11 is 0. The van der Waals surface area contributed by atoms with Crippen LogP contribution in [0.15, 0.2) is 6.20 Å². The van der Waals surface area contributed by atoms with Gasteiger partial charge in [0, 0.05) is 17.8 Å². The summed E-state index contributed by atoms with van der Waals surface area (Å²) in [5.41, 5.74) is 2.07. The van der Waals surface area contributed by atoms with Gasteiger partial charge in [0.15, 0.2) is 0 Å². The number of rotatable bonds is 4. The molecule has 0 aliphatic carbocycles. The molecule has 1 aromatic heterocycles. The van der Waals surface area contributed by atoms with Crippen LogP contribution in [0.5, 0.6) is 0 Å². The Morgan fingerprint density at radius 1 is 1.79 bits per heavy atom. The Morgan fingerprint density at radius 2 is 2.50 bits per heavy atom. The summed E-state index contributed by atoms with van der Waals surface area (Å²) in [5.74, 6) is -0.258. The maximum Gasteiger partial charge on any atom is 0.322 e. The zero-order chi connectivity index (χ0) is 10.6. The van der Waals surface area contributed by atoms with Crippen molar-refractivity contribution < 1.29 is 9.53 Å². The third kappa shape index (κ3) is 2.56. The lowest BCUT2D eigenvalue weighted by molar-refractivity contribution is -0.142. The van der Waals surface area contributed by atoms with E-state index in [0.29, 0.717) is 6.54 Å². The molecule has 0 amide bonds. The molecule has 0 fully saturated rings. The Kier molecular flexibility index (Phi) is 3.64. The Bertz CT molecular complexity index is 309. The predicted molar refractivity (Wildman–Crippen MR) is 51.6 cm³/mol. The number of carbonyl (C=O) groups excluding carboxylic acids is 1. The van der Waals surface area contributed by atoms with Crippen LogP contribution in [-0.2, 0) is 16.1 Å². The maximum absolute atomic E-state index is 11.0. The summed E-state index contributed by atoms with van der Waals surface area (Å²) < 4.78 is 4.59. The highest BCUT2D eigenvalue weighted by molar-refractivity contribution is 5.75. The number of carbonyl (C=O) groups is 1. The average Bonchev–Trinajstić information content (AvgIpc) is 2.59. The molecule has 0 bridgehead atoms. The van der Waals surface area contributed by atoms with Crippen LogP contribution in [0.25, 0.3) is 0 Å². The lowest BCUT2D eigenvalue weighted by atomic mass is 10.2. The van der Waals surface area contributed by atoms with E-state index in [9.17, 15) is 4.79 Å². The highest BCUT2D eigenvalue weighted by atomic mass is 16.5. The molecule has 0 saturated carbocycles. The van der Waals surface area contributed by atoms with Gasteiger partial charge in [0.1, 0.15) is 6.04 Å². The van der Waals surface area contributed by atoms with Gasteiger partial charge in [-0.3, -0.25) is 9.89 Å². The van der Waals surface area contributed by atoms with Crippen molar-refractivity contribution in [2.45, 2.75) is 26.4 Å². The van der Waals surface area contributed by atoms with Crippen molar-refractivity contribution in [2.75, 3.05) is 7.11 Å². The molecule has 0 aliphatic heterocycles. The number of methoxy groups -OCH3 is 1. The minimum absolute atomic E-state index is 0.258. The number of H-pyrrole nitrogens is 1. The molecule has 2 N–H and O–H groups in total. The van der Waals surface area contributed by atoms with Crippen molar-refractivity contribution in [3.05, 3.63) is 17.5 Å². The van der Waals surface area contributed by atoms with Gasteiger partial charge >= 0.3 is 5.97 Å². The van der Waals surface area contributed by atoms with Gasteiger partial charge in [0.25, 0.3) is 0 Å². The van der Waals surface area contributed by atoms with Crippen molar-refractivity contribution in [1.82, 2.24) is 15.5 Å². The largest absolute Gasteiger partial charge is 0.468 e. The van der Waals surface area contributed by atoms with E-state index in [4.69, 9.17) is 0 Å². The van der Waals surface area contributed by atoms with Crippen LogP contribution in [0, 0.1) is 6.92 Å². The molecule has 0 unspecified atom stereocenters. The fourth-order valence-electron chi connectivity index (χ4n) is 1.08. The Balaban J connectivity index is 2.41. The highest BCUT2D eigenvalue weighted by Gasteiger charge is 2.12. The maximum atomic E-state index is 11.0. The van der Waals surface area contributed by atoms with Crippen molar-refractivity contribution in [2.24, 2.45) is 0 Å². The Labute approximate surface area is 82.8 Å². The van der Waals surface area contributed by atoms with E-state index in [1.165, 1.54) is 7.11 Å². The first kappa shape index (κ1) is 10.7. The first-order chi connectivity index (χ1) is 6.65. The lowest BCUT2D eigenvalue weighted by Crippen LogP contribution is -2.34. The van der Waals surface area contributed by atoms with Crippen molar-refractivity contribution in [1.29, 1.82) is 0 Å². The molecule has 0 saturated heterocycles. The number of aryl methyl sites for hydroxylation is 1. The molecular formula is C9H15N3O2. The summed E-state index contributed by atoms with van der Waals surface area (Å²) in [6, 6.07) is -0.297. The van der Waals surface area contributed by atoms with Crippen LogP contribution in [0.2, 0.25) is 0 Å². The second-order valence-corrected chi connectivity index (χ2v) is 3.15. The molecule has 0 radical (unpaired) electrons. The summed E-state index contributed by atoms with van der Waals surface area (Å²) in [6.45, 7) is 4.31. The smallest absolute Gasteiger partial charge is 0.322 e. The van der Waals surface area contributed by atoms with E-state index >= 15 is 0 Å². The fourth-order valence-corrected chi connectivity index (χ4v) is 1.08. The minimum atomic E-state index is -0.297. The van der Waals surface area contributed by atoms with Gasteiger partial charge in [-0.1, -0.05) is 0 Å². The van der Waals surface area contributed by atoms with Crippen LogP contribution in [0.1, 0.15) is 18.2 Å². The van der Waals surface area contributed by atoms with E-state index in [1.807, 2.05) is 6.92 Å². The molecule has 0 spiro atoms. The van der Waals surface area contributed by atoms with E-state index in [-0.39, 0.29) is 12.0 Å². The van der Waals surface area contributed by atoms with Gasteiger partial charge in [0.2, 0.25) is 0 Å². The van der Waals surface area contributed by atoms with Gasteiger partial charge in [-0.25, -0.2) is 0 Å². The van der Waals surface area contributed by atoms with Gasteiger partial charge < -0.3 is 10.1 Å². The van der Waals surface area contributed by atoms with Crippen LogP contribution in [0.4, 0.5) is 0 Å². The normalized spacial score (nSPS) is 12.5. The van der Waals surface area contributed by atoms with Crippen molar-refractivity contribution in [3.63, 3.8) is 0 Å². The zero-order valence-electron chi connectivity index (χ0n) is 8.63. The topological polar surface area (TPSA) is 67.0 Å². The zero-order valence-corrected chi connectivity index (χ0v) is 8.63. The summed E-state index contributed by atoms with van der Waals surface area (Å²) in [5, 5.41) is 9.75. The standard InChI is InChI=1S/C9H15N3O2/c1-6-8(5-11-12-6)4-10-7(2)9(13)14-3/h5,7,10H,4H2,1-3H3,(H,11,12)/t7-/m0/s1. The summed E-state index contributed by atoms with van der Waals surface area (Å²) in [4.78, 5) is 11.0. The van der Waals surface area contributed by atoms with Gasteiger partial charge in [-0.15, -0.1) is 0 Å². The molecule has 1 heterocycles. The van der Waals surface area contributed by atoms with Gasteiger partial charge in [-0.2, -0.15) is 5.10 Å². The molecule has 0 aromatic carbocycles. The molecule has 5 nitrogen and oxygen atoms in total. The number of ether oxygens (including phenoxy) is 1. The molecule has 1 aromatic rings. The number of aromatic nitrogens is 2. The Hall–Kier alpha value is -1.36.